The van der Waals surface area contributed by atoms with Gasteiger partial charge in [-0.2, -0.15) is 0 Å². The van der Waals surface area contributed by atoms with Crippen molar-refractivity contribution in [3.05, 3.63) is 35.9 Å². The number of benzene rings is 1. The van der Waals surface area contributed by atoms with Crippen molar-refractivity contribution in [1.82, 2.24) is 5.32 Å². The Balaban J connectivity index is 2.82. The van der Waals surface area contributed by atoms with Crippen LogP contribution in [0.3, 0.4) is 0 Å². The molecule has 0 heterocycles. The lowest BCUT2D eigenvalue weighted by Crippen LogP contribution is -2.48. The van der Waals surface area contributed by atoms with Crippen molar-refractivity contribution in [2.24, 2.45) is 11.3 Å². The Morgan fingerprint density at radius 3 is 2.07 bits per heavy atom. The fourth-order valence-electron chi connectivity index (χ4n) is 2.83. The van der Waals surface area contributed by atoms with Gasteiger partial charge in [-0.25, -0.2) is 0 Å². The molecule has 5 nitrogen and oxygen atoms in total. The van der Waals surface area contributed by atoms with Crippen LogP contribution >= 0.6 is 0 Å². The van der Waals surface area contributed by atoms with Gasteiger partial charge in [0.2, 0.25) is 5.91 Å². The Labute approximate surface area is 169 Å². The third kappa shape index (κ3) is 8.68. The average molecular weight is 390 g/mol. The summed E-state index contributed by atoms with van der Waals surface area (Å²) in [5.74, 6) is -0.519. The predicted octanol–water partition coefficient (Wildman–Crippen LogP) is 4.09. The van der Waals surface area contributed by atoms with Crippen molar-refractivity contribution in [3.8, 4) is 0 Å². The van der Waals surface area contributed by atoms with Crippen LogP contribution in [0, 0.1) is 11.3 Å². The monoisotopic (exact) mass is 389 g/mol. The molecule has 1 aromatic carbocycles. The van der Waals surface area contributed by atoms with Crippen molar-refractivity contribution in [2.75, 3.05) is 0 Å². The summed E-state index contributed by atoms with van der Waals surface area (Å²) in [7, 11) is 0. The van der Waals surface area contributed by atoms with E-state index >= 15 is 0 Å². The maximum Gasteiger partial charge on any atom is 0.307 e. The van der Waals surface area contributed by atoms with E-state index < -0.39 is 23.0 Å². The smallest absolute Gasteiger partial charge is 0.307 e. The Morgan fingerprint density at radius 1 is 1.00 bits per heavy atom. The first kappa shape index (κ1) is 23.9. The summed E-state index contributed by atoms with van der Waals surface area (Å²) in [5.41, 5.74) is -0.649. The van der Waals surface area contributed by atoms with Crippen LogP contribution in [0.4, 0.5) is 0 Å². The molecule has 0 aliphatic heterocycles. The number of rotatable bonds is 9. The van der Waals surface area contributed by atoms with E-state index in [2.05, 4.69) is 5.32 Å². The molecule has 1 unspecified atom stereocenters. The van der Waals surface area contributed by atoms with Gasteiger partial charge < -0.3 is 10.1 Å². The maximum atomic E-state index is 12.8. The van der Waals surface area contributed by atoms with Gasteiger partial charge in [0.05, 0.1) is 17.9 Å². The molecule has 0 aliphatic rings. The van der Waals surface area contributed by atoms with Crippen molar-refractivity contribution in [1.29, 1.82) is 0 Å². The third-order valence-electron chi connectivity index (χ3n) is 4.24. The van der Waals surface area contributed by atoms with Crippen LogP contribution in [0.2, 0.25) is 0 Å². The summed E-state index contributed by atoms with van der Waals surface area (Å²) < 4.78 is 5.33. The zero-order valence-corrected chi connectivity index (χ0v) is 18.3. The predicted molar refractivity (Wildman–Crippen MR) is 111 cm³/mol. The van der Waals surface area contributed by atoms with Gasteiger partial charge in [-0.15, -0.1) is 0 Å². The maximum absolute atomic E-state index is 12.8. The summed E-state index contributed by atoms with van der Waals surface area (Å²) in [6.45, 7) is 12.8. The third-order valence-corrected chi connectivity index (χ3v) is 4.24. The number of carbonyl (C=O) groups is 3. The Kier molecular flexibility index (Phi) is 8.40. The average Bonchev–Trinajstić information content (AvgIpc) is 2.52. The number of ether oxygens (including phenoxy) is 1. The number of esters is 1. The lowest BCUT2D eigenvalue weighted by atomic mass is 9.87. The number of ketones is 1. The lowest BCUT2D eigenvalue weighted by molar-refractivity contribution is -0.159. The summed E-state index contributed by atoms with van der Waals surface area (Å²) >= 11 is 0. The van der Waals surface area contributed by atoms with Gasteiger partial charge in [0.15, 0.2) is 5.78 Å². The van der Waals surface area contributed by atoms with E-state index in [0.717, 1.165) is 5.56 Å². The van der Waals surface area contributed by atoms with E-state index in [1.54, 1.807) is 34.6 Å². The Morgan fingerprint density at radius 2 is 1.57 bits per heavy atom. The molecule has 1 amide bonds. The number of carbonyl (C=O) groups excluding carboxylic acids is 3. The number of hydrogen-bond acceptors (Lipinski definition) is 4. The zero-order chi connectivity index (χ0) is 21.5. The Hall–Kier alpha value is -2.17. The standard InChI is InChI=1S/C23H35NO4/c1-16(2)13-18(19(25)14-17-11-9-8-10-12-17)24-21(27)23(6,7)15-20(26)28-22(3,4)5/h8-12,16,18H,13-15H2,1-7H3,(H,24,27). The molecule has 5 heteroatoms. The number of nitrogens with one attached hydrogen (secondary N) is 1. The van der Waals surface area contributed by atoms with Crippen LogP contribution < -0.4 is 5.32 Å². The van der Waals surface area contributed by atoms with Crippen molar-refractivity contribution in [2.45, 2.75) is 79.4 Å². The molecule has 0 radical (unpaired) electrons. The van der Waals surface area contributed by atoms with E-state index in [1.807, 2.05) is 44.2 Å². The summed E-state index contributed by atoms with van der Waals surface area (Å²) in [6, 6.07) is 8.91. The van der Waals surface area contributed by atoms with Crippen LogP contribution in [-0.2, 0) is 25.5 Å². The fourth-order valence-corrected chi connectivity index (χ4v) is 2.83. The first-order valence-corrected chi connectivity index (χ1v) is 9.89. The number of hydrogen-bond donors (Lipinski definition) is 1. The first-order chi connectivity index (χ1) is 12.8. The van der Waals surface area contributed by atoms with Gasteiger partial charge in [0.25, 0.3) is 0 Å². The second-order valence-corrected chi connectivity index (χ2v) is 9.43. The zero-order valence-electron chi connectivity index (χ0n) is 18.3. The van der Waals surface area contributed by atoms with Crippen molar-refractivity contribution < 1.29 is 19.1 Å². The van der Waals surface area contributed by atoms with Gasteiger partial charge in [0, 0.05) is 6.42 Å². The highest BCUT2D eigenvalue weighted by molar-refractivity contribution is 5.93. The molecule has 0 aromatic heterocycles. The fraction of sp³-hybridized carbons (Fsp3) is 0.609. The van der Waals surface area contributed by atoms with E-state index in [9.17, 15) is 14.4 Å². The summed E-state index contributed by atoms with van der Waals surface area (Å²) in [6.07, 6.45) is 0.780. The van der Waals surface area contributed by atoms with Crippen LogP contribution in [0.1, 0.15) is 66.9 Å². The van der Waals surface area contributed by atoms with Crippen LogP contribution in [0.15, 0.2) is 30.3 Å². The van der Waals surface area contributed by atoms with Crippen LogP contribution in [0.25, 0.3) is 0 Å². The topological polar surface area (TPSA) is 72.5 Å². The summed E-state index contributed by atoms with van der Waals surface area (Å²) in [4.78, 5) is 37.8. The molecule has 0 bridgehead atoms. The molecule has 1 rings (SSSR count). The molecule has 0 saturated carbocycles. The minimum atomic E-state index is -0.968. The second-order valence-electron chi connectivity index (χ2n) is 9.43. The van der Waals surface area contributed by atoms with E-state index in [4.69, 9.17) is 4.74 Å². The number of amides is 1. The van der Waals surface area contributed by atoms with E-state index in [0.29, 0.717) is 6.42 Å². The van der Waals surface area contributed by atoms with Crippen LogP contribution in [0.5, 0.6) is 0 Å². The molecule has 0 fully saturated rings. The molecule has 0 aliphatic carbocycles. The van der Waals surface area contributed by atoms with Gasteiger partial charge >= 0.3 is 5.97 Å². The molecular formula is C23H35NO4. The largest absolute Gasteiger partial charge is 0.460 e. The van der Waals surface area contributed by atoms with E-state index in [-0.39, 0.29) is 30.4 Å². The lowest BCUT2D eigenvalue weighted by Gasteiger charge is -2.28. The molecule has 0 spiro atoms. The second kappa shape index (κ2) is 9.85. The normalized spacial score (nSPS) is 13.1. The van der Waals surface area contributed by atoms with Gasteiger partial charge in [-0.05, 0) is 38.7 Å². The highest BCUT2D eigenvalue weighted by atomic mass is 16.6. The molecule has 1 N–H and O–H groups in total. The highest BCUT2D eigenvalue weighted by Crippen LogP contribution is 2.24. The highest BCUT2D eigenvalue weighted by Gasteiger charge is 2.35. The molecule has 1 atom stereocenters. The van der Waals surface area contributed by atoms with E-state index in [1.165, 1.54) is 0 Å². The van der Waals surface area contributed by atoms with Gasteiger partial charge in [-0.1, -0.05) is 58.0 Å². The minimum Gasteiger partial charge on any atom is -0.460 e. The molecule has 156 valence electrons. The van der Waals surface area contributed by atoms with Crippen LogP contribution in [-0.4, -0.2) is 29.3 Å². The molecule has 0 saturated heterocycles. The minimum absolute atomic E-state index is 0.0266. The quantitative estimate of drug-likeness (QED) is 0.646. The van der Waals surface area contributed by atoms with Gasteiger partial charge in [-0.3, -0.25) is 14.4 Å². The number of Topliss-reactive ketones (excluding diaryl/α,β-unsaturated/α-hetero) is 1. The SMILES string of the molecule is CC(C)CC(NC(=O)C(C)(C)CC(=O)OC(C)(C)C)C(=O)Cc1ccccc1. The van der Waals surface area contributed by atoms with Crippen molar-refractivity contribution in [3.63, 3.8) is 0 Å². The first-order valence-electron chi connectivity index (χ1n) is 9.89. The molecule has 1 aromatic rings. The molecule has 28 heavy (non-hydrogen) atoms. The van der Waals surface area contributed by atoms with Gasteiger partial charge in [0.1, 0.15) is 5.60 Å². The molecular weight excluding hydrogens is 354 g/mol. The van der Waals surface area contributed by atoms with Crippen molar-refractivity contribution >= 4 is 17.7 Å². The summed E-state index contributed by atoms with van der Waals surface area (Å²) in [5, 5.41) is 2.88. The Bertz CT molecular complexity index is 672.